The molecule has 0 amide bonds. The van der Waals surface area contributed by atoms with Gasteiger partial charge in [-0.15, -0.1) is 0 Å². The number of aryl methyl sites for hydroxylation is 2. The number of rotatable bonds is 2. The summed E-state index contributed by atoms with van der Waals surface area (Å²) in [5.74, 6) is 0. The summed E-state index contributed by atoms with van der Waals surface area (Å²) in [5.41, 5.74) is 1.40. The second kappa shape index (κ2) is 3.03. The zero-order chi connectivity index (χ0) is 6.69. The fraction of sp³-hybridized carbons (Fsp3) is 0.571. The molecule has 0 spiro atoms. The fourth-order valence-corrected chi connectivity index (χ4v) is 1.89. The molecule has 1 aromatic heterocycles. The molecule has 1 rings (SSSR count). The van der Waals surface area contributed by atoms with Crippen molar-refractivity contribution in [3.8, 4) is 0 Å². The Balaban J connectivity index is 2.69. The molecule has 0 saturated carbocycles. The molecule has 0 aliphatic carbocycles. The molecule has 1 nitrogen and oxygen atoms in total. The van der Waals surface area contributed by atoms with Crippen LogP contribution in [0.1, 0.15) is 24.2 Å². The molecule has 1 atom stereocenters. The van der Waals surface area contributed by atoms with Gasteiger partial charge in [0.15, 0.2) is 0 Å². The fourth-order valence-electron chi connectivity index (χ4n) is 0.876. The van der Waals surface area contributed by atoms with Crippen molar-refractivity contribution in [2.45, 2.75) is 26.7 Å². The predicted molar refractivity (Wildman–Crippen MR) is 42.5 cm³/mol. The van der Waals surface area contributed by atoms with Crippen LogP contribution in [0, 0.1) is 6.92 Å². The first-order valence-electron chi connectivity index (χ1n) is 3.33. The summed E-state index contributed by atoms with van der Waals surface area (Å²) in [5, 5.41) is 1.55. The van der Waals surface area contributed by atoms with Crippen LogP contribution in [0.3, 0.4) is 0 Å². The van der Waals surface area contributed by atoms with Crippen molar-refractivity contribution in [2.24, 2.45) is 0 Å². The van der Waals surface area contributed by atoms with Crippen LogP contribution in [0.15, 0.2) is 6.20 Å². The summed E-state index contributed by atoms with van der Waals surface area (Å²) in [6.45, 7) is 4.36. The monoisotopic (exact) mass is 141 g/mol. The Labute approximate surface area is 57.7 Å². The standard InChI is InChI=1S/C7H12NP/c1-3-4-7-6(2)5-8-9-7/h5,9H,3-4H2,1-2H3. The lowest BCUT2D eigenvalue weighted by Gasteiger charge is -1.91. The van der Waals surface area contributed by atoms with Gasteiger partial charge < -0.3 is 0 Å². The molecule has 1 unspecified atom stereocenters. The zero-order valence-electron chi connectivity index (χ0n) is 5.94. The molecule has 0 fully saturated rings. The maximum absolute atomic E-state index is 4.19. The van der Waals surface area contributed by atoms with E-state index in [0.717, 1.165) is 8.35 Å². The van der Waals surface area contributed by atoms with Crippen molar-refractivity contribution in [3.05, 3.63) is 17.1 Å². The number of aromatic nitrogens is 1. The van der Waals surface area contributed by atoms with Crippen molar-refractivity contribution < 1.29 is 0 Å². The SMILES string of the molecule is CCCc1[pH]ncc1C. The molecule has 1 heterocycles. The van der Waals surface area contributed by atoms with E-state index in [0.29, 0.717) is 0 Å². The van der Waals surface area contributed by atoms with Gasteiger partial charge in [0.25, 0.3) is 0 Å². The minimum absolute atomic E-state index is 0.736. The van der Waals surface area contributed by atoms with Crippen LogP contribution in [0.4, 0.5) is 0 Å². The molecule has 0 aliphatic rings. The highest BCUT2D eigenvalue weighted by atomic mass is 31.0. The van der Waals surface area contributed by atoms with E-state index in [1.54, 1.807) is 5.30 Å². The highest BCUT2D eigenvalue weighted by Crippen LogP contribution is 2.17. The second-order valence-corrected chi connectivity index (χ2v) is 3.37. The largest absolute Gasteiger partial charge is 0.248 e. The lowest BCUT2D eigenvalue weighted by atomic mass is 10.2. The molecular weight excluding hydrogens is 129 g/mol. The smallest absolute Gasteiger partial charge is 0.0342 e. The van der Waals surface area contributed by atoms with Gasteiger partial charge in [0.05, 0.1) is 0 Å². The van der Waals surface area contributed by atoms with Crippen LogP contribution in [0.25, 0.3) is 0 Å². The zero-order valence-corrected chi connectivity index (χ0v) is 6.94. The predicted octanol–water partition coefficient (Wildman–Crippen LogP) is 2.37. The molecule has 0 N–H and O–H groups in total. The molecule has 0 aliphatic heterocycles. The molecule has 0 saturated heterocycles. The first-order valence-corrected chi connectivity index (χ1v) is 4.28. The van der Waals surface area contributed by atoms with Gasteiger partial charge in [-0.05, 0) is 32.6 Å². The van der Waals surface area contributed by atoms with E-state index in [2.05, 4.69) is 18.6 Å². The Bertz CT molecular complexity index is 181. The van der Waals surface area contributed by atoms with Crippen molar-refractivity contribution >= 4 is 8.35 Å². The van der Waals surface area contributed by atoms with E-state index >= 15 is 0 Å². The summed E-state index contributed by atoms with van der Waals surface area (Å²) in [6.07, 6.45) is 4.48. The summed E-state index contributed by atoms with van der Waals surface area (Å²) in [7, 11) is 0.736. The molecular formula is C7H12NP. The molecule has 0 radical (unpaired) electrons. The van der Waals surface area contributed by atoms with Gasteiger partial charge in [0.1, 0.15) is 0 Å². The van der Waals surface area contributed by atoms with E-state index in [1.165, 1.54) is 18.4 Å². The maximum Gasteiger partial charge on any atom is 0.0342 e. The first-order chi connectivity index (χ1) is 4.34. The van der Waals surface area contributed by atoms with Crippen LogP contribution in [-0.4, -0.2) is 4.75 Å². The molecule has 2 heteroatoms. The van der Waals surface area contributed by atoms with Gasteiger partial charge >= 0.3 is 0 Å². The van der Waals surface area contributed by atoms with E-state index < -0.39 is 0 Å². The third-order valence-electron chi connectivity index (χ3n) is 1.43. The van der Waals surface area contributed by atoms with Crippen LogP contribution >= 0.6 is 8.35 Å². The Morgan fingerprint density at radius 2 is 2.44 bits per heavy atom. The van der Waals surface area contributed by atoms with Gasteiger partial charge in [0, 0.05) is 6.20 Å². The molecule has 9 heavy (non-hydrogen) atoms. The minimum Gasteiger partial charge on any atom is -0.248 e. The number of hydrogen-bond acceptors (Lipinski definition) is 1. The lowest BCUT2D eigenvalue weighted by Crippen LogP contribution is -1.77. The number of hydrogen-bond donors (Lipinski definition) is 0. The second-order valence-electron chi connectivity index (χ2n) is 2.28. The topological polar surface area (TPSA) is 12.9 Å². The Kier molecular flexibility index (Phi) is 2.29. The van der Waals surface area contributed by atoms with Crippen LogP contribution < -0.4 is 0 Å². The lowest BCUT2D eigenvalue weighted by molar-refractivity contribution is 0.933. The summed E-state index contributed by atoms with van der Waals surface area (Å²) in [6, 6.07) is 0. The third kappa shape index (κ3) is 1.56. The average molecular weight is 141 g/mol. The normalized spacial score (nSPS) is 10.9. The quantitative estimate of drug-likeness (QED) is 0.616. The van der Waals surface area contributed by atoms with E-state index in [9.17, 15) is 0 Å². The van der Waals surface area contributed by atoms with Crippen molar-refractivity contribution in [2.75, 3.05) is 0 Å². The summed E-state index contributed by atoms with van der Waals surface area (Å²) < 4.78 is 4.19. The van der Waals surface area contributed by atoms with Crippen molar-refractivity contribution in [3.63, 3.8) is 0 Å². The van der Waals surface area contributed by atoms with Crippen molar-refractivity contribution in [1.82, 2.24) is 4.75 Å². The number of nitrogens with zero attached hydrogens (tertiary/aromatic N) is 1. The Morgan fingerprint density at radius 3 is 2.89 bits per heavy atom. The van der Waals surface area contributed by atoms with Crippen molar-refractivity contribution in [1.29, 1.82) is 0 Å². The average Bonchev–Trinajstić information content (AvgIpc) is 2.18. The highest BCUT2D eigenvalue weighted by molar-refractivity contribution is 7.26. The van der Waals surface area contributed by atoms with Crippen LogP contribution in [-0.2, 0) is 6.42 Å². The molecule has 50 valence electrons. The van der Waals surface area contributed by atoms with E-state index in [-0.39, 0.29) is 0 Å². The molecule has 0 aromatic carbocycles. The van der Waals surface area contributed by atoms with Crippen LogP contribution in [0.2, 0.25) is 0 Å². The Morgan fingerprint density at radius 1 is 1.67 bits per heavy atom. The van der Waals surface area contributed by atoms with Gasteiger partial charge in [-0.25, -0.2) is 4.75 Å². The highest BCUT2D eigenvalue weighted by Gasteiger charge is 1.95. The molecule has 0 bridgehead atoms. The summed E-state index contributed by atoms with van der Waals surface area (Å²) >= 11 is 0. The molecule has 1 aromatic rings. The first kappa shape index (κ1) is 6.82. The minimum atomic E-state index is 0.736. The van der Waals surface area contributed by atoms with Crippen LogP contribution in [0.5, 0.6) is 0 Å². The summed E-state index contributed by atoms with van der Waals surface area (Å²) in [4.78, 5) is 0. The van der Waals surface area contributed by atoms with Gasteiger partial charge in [-0.3, -0.25) is 0 Å². The van der Waals surface area contributed by atoms with Gasteiger partial charge in [0.2, 0.25) is 0 Å². The maximum atomic E-state index is 4.19. The van der Waals surface area contributed by atoms with Gasteiger partial charge in [-0.2, -0.15) is 0 Å². The third-order valence-corrected chi connectivity index (χ3v) is 2.61. The van der Waals surface area contributed by atoms with E-state index in [4.69, 9.17) is 0 Å². The van der Waals surface area contributed by atoms with E-state index in [1.807, 2.05) is 6.20 Å². The Hall–Kier alpha value is -0.290. The van der Waals surface area contributed by atoms with Gasteiger partial charge in [-0.1, -0.05) is 13.3 Å².